The number of hydrogen-bond acceptors (Lipinski definition) is 3. The normalized spacial score (nSPS) is 10.9. The van der Waals surface area contributed by atoms with Crippen molar-refractivity contribution in [2.75, 3.05) is 20.6 Å². The van der Waals surface area contributed by atoms with Crippen molar-refractivity contribution in [1.29, 1.82) is 0 Å². The Kier molecular flexibility index (Phi) is 6.84. The van der Waals surface area contributed by atoms with Crippen LogP contribution in [0.2, 0.25) is 0 Å². The molecule has 0 spiro atoms. The molecule has 2 N–H and O–H groups in total. The van der Waals surface area contributed by atoms with E-state index < -0.39 is 0 Å². The number of likely N-dealkylation sites (N-methyl/N-ethyl adjacent to an activating group) is 1. The van der Waals surface area contributed by atoms with Gasteiger partial charge in [-0.15, -0.1) is 0 Å². The van der Waals surface area contributed by atoms with Crippen molar-refractivity contribution >= 4 is 0 Å². The van der Waals surface area contributed by atoms with Gasteiger partial charge in [0.05, 0.1) is 0 Å². The van der Waals surface area contributed by atoms with E-state index in [-0.39, 0.29) is 0 Å². The average Bonchev–Trinajstić information content (AvgIpc) is 2.16. The highest BCUT2D eigenvalue weighted by molar-refractivity contribution is 5.05. The van der Waals surface area contributed by atoms with Gasteiger partial charge in [-0.1, -0.05) is 24.8 Å². The van der Waals surface area contributed by atoms with Gasteiger partial charge >= 0.3 is 0 Å². The minimum Gasteiger partial charge on any atom is -0.403 e. The van der Waals surface area contributed by atoms with E-state index in [4.69, 9.17) is 5.73 Å². The number of rotatable bonds is 7. The molecule has 0 heterocycles. The summed E-state index contributed by atoms with van der Waals surface area (Å²) in [5.41, 5.74) is 7.48. The molecule has 0 aliphatic rings. The number of hydrogen-bond donors (Lipinski definition) is 1. The van der Waals surface area contributed by atoms with Crippen LogP contribution in [0, 0.1) is 0 Å². The van der Waals surface area contributed by atoms with Gasteiger partial charge in [0.15, 0.2) is 0 Å². The molecule has 0 aliphatic carbocycles. The predicted molar refractivity (Wildman–Crippen MR) is 71.4 cm³/mol. The second-order valence-electron chi connectivity index (χ2n) is 3.98. The summed E-state index contributed by atoms with van der Waals surface area (Å²) in [6, 6.07) is 0. The fourth-order valence-corrected chi connectivity index (χ4v) is 1.21. The first kappa shape index (κ1) is 14.4. The summed E-state index contributed by atoms with van der Waals surface area (Å²) in [7, 11) is 3.95. The van der Waals surface area contributed by atoms with Crippen molar-refractivity contribution in [1.82, 2.24) is 9.80 Å². The third-order valence-electron chi connectivity index (χ3n) is 2.06. The molecule has 0 bridgehead atoms. The molecule has 0 radical (unpaired) electrons. The molecular weight excluding hydrogens is 198 g/mol. The van der Waals surface area contributed by atoms with Crippen molar-refractivity contribution in [2.24, 2.45) is 5.73 Å². The van der Waals surface area contributed by atoms with Gasteiger partial charge in [0.25, 0.3) is 0 Å². The Labute approximate surface area is 99.2 Å². The first-order valence-corrected chi connectivity index (χ1v) is 5.27. The molecule has 0 fully saturated rings. The van der Waals surface area contributed by atoms with E-state index in [1.807, 2.05) is 32.1 Å². The summed E-state index contributed by atoms with van der Waals surface area (Å²) in [5, 5.41) is 0. The number of allylic oxidation sites excluding steroid dienone is 1. The average molecular weight is 221 g/mol. The predicted octanol–water partition coefficient (Wildman–Crippen LogP) is 2.27. The van der Waals surface area contributed by atoms with E-state index in [0.717, 1.165) is 24.2 Å². The zero-order valence-corrected chi connectivity index (χ0v) is 10.6. The summed E-state index contributed by atoms with van der Waals surface area (Å²) in [6.45, 7) is 10.8. The van der Waals surface area contributed by atoms with E-state index in [0.29, 0.717) is 0 Å². The molecule has 0 atom stereocenters. The highest BCUT2D eigenvalue weighted by atomic mass is 15.1. The van der Waals surface area contributed by atoms with Crippen LogP contribution in [0.1, 0.15) is 13.3 Å². The van der Waals surface area contributed by atoms with Crippen molar-refractivity contribution in [3.05, 3.63) is 49.1 Å². The van der Waals surface area contributed by atoms with Crippen LogP contribution in [0.5, 0.6) is 0 Å². The van der Waals surface area contributed by atoms with Crippen LogP contribution in [0.25, 0.3) is 0 Å². The van der Waals surface area contributed by atoms with Crippen molar-refractivity contribution in [3.63, 3.8) is 0 Å². The third-order valence-corrected chi connectivity index (χ3v) is 2.06. The molecule has 16 heavy (non-hydrogen) atoms. The van der Waals surface area contributed by atoms with Crippen LogP contribution in [-0.2, 0) is 0 Å². The summed E-state index contributed by atoms with van der Waals surface area (Å²) < 4.78 is 0. The zero-order valence-electron chi connectivity index (χ0n) is 10.6. The number of nitrogens with two attached hydrogens (primary N) is 1. The van der Waals surface area contributed by atoms with Crippen LogP contribution in [0.15, 0.2) is 49.1 Å². The molecule has 3 nitrogen and oxygen atoms in total. The van der Waals surface area contributed by atoms with Crippen LogP contribution < -0.4 is 5.73 Å². The second kappa shape index (κ2) is 7.63. The van der Waals surface area contributed by atoms with Crippen molar-refractivity contribution < 1.29 is 0 Å². The van der Waals surface area contributed by atoms with Crippen LogP contribution in [0.4, 0.5) is 0 Å². The molecule has 0 aromatic heterocycles. The van der Waals surface area contributed by atoms with Crippen LogP contribution in [0.3, 0.4) is 0 Å². The van der Waals surface area contributed by atoms with Gasteiger partial charge in [0.2, 0.25) is 0 Å². The lowest BCUT2D eigenvalue weighted by molar-refractivity contribution is 0.446. The standard InChI is InChI=1S/C13H23N3/c1-12(2)11-16(5)13(3)7-6-9-15(4)10-8-14/h6,8-10H,1,3,7,11,14H2,2,4-5H3/b9-6-,10-8-. The SMILES string of the molecule is C=C(C)CN(C)C(=C)C/C=C\N(C)/C=C\N. The Morgan fingerprint density at radius 3 is 2.38 bits per heavy atom. The Hall–Kier alpha value is -1.64. The van der Waals surface area contributed by atoms with E-state index in [9.17, 15) is 0 Å². The molecule has 0 aliphatic heterocycles. The first-order valence-electron chi connectivity index (χ1n) is 5.27. The smallest absolute Gasteiger partial charge is 0.0377 e. The lowest BCUT2D eigenvalue weighted by Crippen LogP contribution is -2.18. The minimum atomic E-state index is 0.826. The number of nitrogens with zero attached hydrogens (tertiary/aromatic N) is 2. The topological polar surface area (TPSA) is 32.5 Å². The summed E-state index contributed by atoms with van der Waals surface area (Å²) in [4.78, 5) is 4.00. The van der Waals surface area contributed by atoms with Crippen LogP contribution in [-0.4, -0.2) is 30.4 Å². The Morgan fingerprint density at radius 2 is 1.88 bits per heavy atom. The maximum absolute atomic E-state index is 5.27. The van der Waals surface area contributed by atoms with E-state index in [1.54, 1.807) is 6.20 Å². The monoisotopic (exact) mass is 221 g/mol. The molecule has 0 amide bonds. The Morgan fingerprint density at radius 1 is 1.25 bits per heavy atom. The van der Waals surface area contributed by atoms with Gasteiger partial charge in [-0.25, -0.2) is 0 Å². The van der Waals surface area contributed by atoms with Gasteiger partial charge in [0, 0.05) is 45.2 Å². The summed E-state index contributed by atoms with van der Waals surface area (Å²) >= 11 is 0. The Balaban J connectivity index is 4.01. The maximum atomic E-state index is 5.27. The molecule has 0 aromatic rings. The van der Waals surface area contributed by atoms with Gasteiger partial charge in [-0.2, -0.15) is 0 Å². The first-order chi connectivity index (χ1) is 7.47. The maximum Gasteiger partial charge on any atom is 0.0377 e. The second-order valence-corrected chi connectivity index (χ2v) is 3.98. The summed E-state index contributed by atoms with van der Waals surface area (Å²) in [5.74, 6) is 0. The van der Waals surface area contributed by atoms with Crippen molar-refractivity contribution in [2.45, 2.75) is 13.3 Å². The highest BCUT2D eigenvalue weighted by Gasteiger charge is 1.99. The highest BCUT2D eigenvalue weighted by Crippen LogP contribution is 2.07. The quantitative estimate of drug-likeness (QED) is 0.669. The molecule has 0 aromatic carbocycles. The van der Waals surface area contributed by atoms with Gasteiger partial charge in [0.1, 0.15) is 0 Å². The third kappa shape index (κ3) is 6.76. The molecule has 3 heteroatoms. The van der Waals surface area contributed by atoms with E-state index >= 15 is 0 Å². The molecule has 90 valence electrons. The fraction of sp³-hybridized carbons (Fsp3) is 0.385. The lowest BCUT2D eigenvalue weighted by atomic mass is 10.2. The van der Waals surface area contributed by atoms with E-state index in [2.05, 4.69) is 24.1 Å². The molecule has 0 rings (SSSR count). The minimum absolute atomic E-state index is 0.826. The fourth-order valence-electron chi connectivity index (χ4n) is 1.21. The van der Waals surface area contributed by atoms with Gasteiger partial charge in [-0.3, -0.25) is 0 Å². The molecule has 0 unspecified atom stereocenters. The van der Waals surface area contributed by atoms with Gasteiger partial charge < -0.3 is 15.5 Å². The Bertz CT molecular complexity index is 290. The molecule has 0 saturated carbocycles. The lowest BCUT2D eigenvalue weighted by Gasteiger charge is -2.20. The summed E-state index contributed by atoms with van der Waals surface area (Å²) in [6.07, 6.45) is 8.14. The molecular formula is C13H23N3. The van der Waals surface area contributed by atoms with Crippen molar-refractivity contribution in [3.8, 4) is 0 Å². The van der Waals surface area contributed by atoms with Crippen LogP contribution >= 0.6 is 0 Å². The van der Waals surface area contributed by atoms with E-state index in [1.165, 1.54) is 6.20 Å². The van der Waals surface area contributed by atoms with Gasteiger partial charge in [-0.05, 0) is 13.1 Å². The largest absolute Gasteiger partial charge is 0.403 e. The molecule has 0 saturated heterocycles. The zero-order chi connectivity index (χ0) is 12.6.